The second kappa shape index (κ2) is 10.9. The van der Waals surface area contributed by atoms with E-state index in [1.54, 1.807) is 14.0 Å². The quantitative estimate of drug-likeness (QED) is 0.461. The Labute approximate surface area is 174 Å². The lowest BCUT2D eigenvalue weighted by molar-refractivity contribution is -0.274. The van der Waals surface area contributed by atoms with Crippen molar-refractivity contribution in [2.24, 2.45) is 0 Å². The molecule has 1 aromatic carbocycles. The topological polar surface area (TPSA) is 65.5 Å². The van der Waals surface area contributed by atoms with Gasteiger partial charge in [0, 0.05) is 18.7 Å². The zero-order chi connectivity index (χ0) is 22.1. The number of anilines is 1. The van der Waals surface area contributed by atoms with Crippen molar-refractivity contribution in [3.63, 3.8) is 0 Å². The first-order chi connectivity index (χ1) is 14.3. The summed E-state index contributed by atoms with van der Waals surface area (Å²) >= 11 is 0. The van der Waals surface area contributed by atoms with Crippen LogP contribution in [0.15, 0.2) is 18.2 Å². The maximum Gasteiger partial charge on any atom is 0.573 e. The monoisotopic (exact) mass is 427 g/mol. The van der Waals surface area contributed by atoms with Crippen LogP contribution < -0.4 is 19.5 Å². The Morgan fingerprint density at radius 2 is 1.80 bits per heavy atom. The SMILES string of the molecule is CCCCCCCOc1nc(C)c(-c2ccc(OC(F)(F)F)cc2OC)nc1NC. The standard InChI is InChI=1S/C21H28F3N3O3/c1-5-6-7-8-9-12-29-20-19(25-3)27-18(14(2)26-20)16-11-10-15(13-17(16)28-4)30-21(22,23)24/h10-11,13H,5-9,12H2,1-4H3,(H,25,27). The Morgan fingerprint density at radius 3 is 2.43 bits per heavy atom. The summed E-state index contributed by atoms with van der Waals surface area (Å²) < 4.78 is 52.5. The molecule has 0 bridgehead atoms. The van der Waals surface area contributed by atoms with Gasteiger partial charge in [0.1, 0.15) is 11.5 Å². The lowest BCUT2D eigenvalue weighted by atomic mass is 10.1. The molecule has 0 spiro atoms. The Hall–Kier alpha value is -2.71. The van der Waals surface area contributed by atoms with E-state index in [1.807, 2.05) is 0 Å². The molecule has 0 fully saturated rings. The van der Waals surface area contributed by atoms with E-state index in [0.717, 1.165) is 12.8 Å². The summed E-state index contributed by atoms with van der Waals surface area (Å²) in [4.78, 5) is 9.06. The van der Waals surface area contributed by atoms with E-state index in [-0.39, 0.29) is 11.5 Å². The van der Waals surface area contributed by atoms with Crippen molar-refractivity contribution in [3.8, 4) is 28.6 Å². The summed E-state index contributed by atoms with van der Waals surface area (Å²) in [5.41, 5.74) is 1.54. The van der Waals surface area contributed by atoms with E-state index in [4.69, 9.17) is 9.47 Å². The third-order valence-corrected chi connectivity index (χ3v) is 4.42. The number of halogens is 3. The van der Waals surface area contributed by atoms with Crippen LogP contribution in [0, 0.1) is 6.92 Å². The van der Waals surface area contributed by atoms with Gasteiger partial charge in [0.25, 0.3) is 5.88 Å². The molecule has 0 saturated heterocycles. The van der Waals surface area contributed by atoms with Gasteiger partial charge in [-0.2, -0.15) is 0 Å². The fourth-order valence-electron chi connectivity index (χ4n) is 2.96. The summed E-state index contributed by atoms with van der Waals surface area (Å²) in [6.07, 6.45) is 0.817. The third kappa shape index (κ3) is 6.67. The lowest BCUT2D eigenvalue weighted by Gasteiger charge is -2.16. The number of rotatable bonds is 11. The predicted molar refractivity (Wildman–Crippen MR) is 109 cm³/mol. The van der Waals surface area contributed by atoms with Gasteiger partial charge in [-0.3, -0.25) is 0 Å². The summed E-state index contributed by atoms with van der Waals surface area (Å²) in [6, 6.07) is 3.85. The van der Waals surface area contributed by atoms with Gasteiger partial charge in [0.15, 0.2) is 5.82 Å². The first-order valence-corrected chi connectivity index (χ1v) is 9.92. The van der Waals surface area contributed by atoms with Crippen LogP contribution in [0.25, 0.3) is 11.3 Å². The Bertz CT molecular complexity index is 829. The fourth-order valence-corrected chi connectivity index (χ4v) is 2.96. The largest absolute Gasteiger partial charge is 0.573 e. The molecule has 1 aromatic heterocycles. The molecule has 2 aromatic rings. The molecule has 30 heavy (non-hydrogen) atoms. The molecule has 0 aliphatic heterocycles. The van der Waals surface area contributed by atoms with Gasteiger partial charge in [-0.1, -0.05) is 32.6 Å². The summed E-state index contributed by atoms with van der Waals surface area (Å²) in [5, 5.41) is 2.96. The van der Waals surface area contributed by atoms with Gasteiger partial charge < -0.3 is 19.5 Å². The van der Waals surface area contributed by atoms with E-state index in [1.165, 1.54) is 44.6 Å². The molecule has 9 heteroatoms. The van der Waals surface area contributed by atoms with Crippen LogP contribution in [0.3, 0.4) is 0 Å². The van der Waals surface area contributed by atoms with Crippen molar-refractivity contribution in [1.29, 1.82) is 0 Å². The van der Waals surface area contributed by atoms with E-state index >= 15 is 0 Å². The summed E-state index contributed by atoms with van der Waals surface area (Å²) in [6.45, 7) is 4.47. The number of ether oxygens (including phenoxy) is 3. The van der Waals surface area contributed by atoms with Gasteiger partial charge in [0.2, 0.25) is 0 Å². The molecule has 0 unspecified atom stereocenters. The van der Waals surface area contributed by atoms with Gasteiger partial charge in [-0.15, -0.1) is 13.2 Å². The van der Waals surface area contributed by atoms with Crippen molar-refractivity contribution in [1.82, 2.24) is 9.97 Å². The molecule has 0 aliphatic rings. The van der Waals surface area contributed by atoms with Crippen molar-refractivity contribution >= 4 is 5.82 Å². The van der Waals surface area contributed by atoms with Crippen LogP contribution in [-0.4, -0.2) is 37.1 Å². The van der Waals surface area contributed by atoms with Crippen LogP contribution in [0.1, 0.15) is 44.7 Å². The molecule has 2 rings (SSSR count). The molecule has 6 nitrogen and oxygen atoms in total. The minimum atomic E-state index is -4.78. The number of alkyl halides is 3. The molecule has 0 aliphatic carbocycles. The second-order valence-electron chi connectivity index (χ2n) is 6.73. The highest BCUT2D eigenvalue weighted by molar-refractivity contribution is 5.72. The molecule has 1 heterocycles. The maximum atomic E-state index is 12.5. The van der Waals surface area contributed by atoms with Crippen molar-refractivity contribution < 1.29 is 27.4 Å². The average molecular weight is 427 g/mol. The molecular formula is C21H28F3N3O3. The number of hydrogen-bond donors (Lipinski definition) is 1. The van der Waals surface area contributed by atoms with Crippen LogP contribution >= 0.6 is 0 Å². The number of methoxy groups -OCH3 is 1. The Balaban J connectivity index is 2.23. The maximum absolute atomic E-state index is 12.5. The fraction of sp³-hybridized carbons (Fsp3) is 0.524. The average Bonchev–Trinajstić information content (AvgIpc) is 2.69. The van der Waals surface area contributed by atoms with E-state index in [9.17, 15) is 13.2 Å². The Kier molecular flexibility index (Phi) is 8.56. The summed E-state index contributed by atoms with van der Waals surface area (Å²) in [5.74, 6) is 0.665. The zero-order valence-electron chi connectivity index (χ0n) is 17.7. The molecule has 1 N–H and O–H groups in total. The number of benzene rings is 1. The van der Waals surface area contributed by atoms with E-state index in [0.29, 0.717) is 35.3 Å². The number of nitrogens with one attached hydrogen (secondary N) is 1. The Morgan fingerprint density at radius 1 is 1.07 bits per heavy atom. The molecule has 0 saturated carbocycles. The number of hydrogen-bond acceptors (Lipinski definition) is 6. The van der Waals surface area contributed by atoms with Crippen molar-refractivity contribution in [3.05, 3.63) is 23.9 Å². The molecular weight excluding hydrogens is 399 g/mol. The van der Waals surface area contributed by atoms with Crippen LogP contribution in [0.2, 0.25) is 0 Å². The van der Waals surface area contributed by atoms with E-state index in [2.05, 4.69) is 26.9 Å². The van der Waals surface area contributed by atoms with Gasteiger partial charge >= 0.3 is 6.36 Å². The number of aromatic nitrogens is 2. The lowest BCUT2D eigenvalue weighted by Crippen LogP contribution is -2.17. The zero-order valence-corrected chi connectivity index (χ0v) is 17.7. The minimum Gasteiger partial charge on any atom is -0.496 e. The highest BCUT2D eigenvalue weighted by Crippen LogP contribution is 2.37. The van der Waals surface area contributed by atoms with Crippen molar-refractivity contribution in [2.45, 2.75) is 52.3 Å². The van der Waals surface area contributed by atoms with Crippen LogP contribution in [0.4, 0.5) is 19.0 Å². The van der Waals surface area contributed by atoms with Crippen LogP contribution in [0.5, 0.6) is 17.4 Å². The molecule has 0 atom stereocenters. The predicted octanol–water partition coefficient (Wildman–Crippen LogP) is 5.75. The van der Waals surface area contributed by atoms with Crippen molar-refractivity contribution in [2.75, 3.05) is 26.1 Å². The number of nitrogens with zero attached hydrogens (tertiary/aromatic N) is 2. The highest BCUT2D eigenvalue weighted by Gasteiger charge is 2.31. The van der Waals surface area contributed by atoms with Gasteiger partial charge in [-0.05, 0) is 25.5 Å². The van der Waals surface area contributed by atoms with Gasteiger partial charge in [-0.25, -0.2) is 9.97 Å². The van der Waals surface area contributed by atoms with Gasteiger partial charge in [0.05, 0.1) is 25.1 Å². The molecule has 0 radical (unpaired) electrons. The highest BCUT2D eigenvalue weighted by atomic mass is 19.4. The first kappa shape index (κ1) is 23.6. The summed E-state index contributed by atoms with van der Waals surface area (Å²) in [7, 11) is 3.07. The molecule has 0 amide bonds. The first-order valence-electron chi connectivity index (χ1n) is 9.92. The number of unbranched alkanes of at least 4 members (excludes halogenated alkanes) is 4. The van der Waals surface area contributed by atoms with E-state index < -0.39 is 6.36 Å². The third-order valence-electron chi connectivity index (χ3n) is 4.42. The second-order valence-corrected chi connectivity index (χ2v) is 6.73. The van der Waals surface area contributed by atoms with Crippen LogP contribution in [-0.2, 0) is 0 Å². The molecule has 166 valence electrons. The minimum absolute atomic E-state index is 0.195. The number of aryl methyl sites for hydroxylation is 1. The normalized spacial score (nSPS) is 11.3. The smallest absolute Gasteiger partial charge is 0.496 e.